The van der Waals surface area contributed by atoms with Crippen LogP contribution < -0.4 is 0 Å². The van der Waals surface area contributed by atoms with Crippen molar-refractivity contribution >= 4 is 78.1 Å². The van der Waals surface area contributed by atoms with Gasteiger partial charge >= 0.3 is 68.6 Å². The van der Waals surface area contributed by atoms with Gasteiger partial charge in [-0.15, -0.1) is 0 Å². The normalized spacial score (nSPS) is 8.88. The van der Waals surface area contributed by atoms with Gasteiger partial charge in [0, 0.05) is 9.47 Å². The number of rotatable bonds is 1. The van der Waals surface area contributed by atoms with E-state index in [-0.39, 0.29) is 60.8 Å². The van der Waals surface area contributed by atoms with E-state index in [1.165, 1.54) is 9.47 Å². The standard InChI is InChI=1S/Ca.Mg.H4O4P2.4H/c;;1-6(2,3)4-5;;;;/h;;5H2,(H2,1,2,3);;;;. The van der Waals surface area contributed by atoms with Gasteiger partial charge in [0.15, 0.2) is 0 Å². The average molecular weight is 198 g/mol. The SMILES string of the molecule is O=P(O)(O)OP.[CaH2].[MgH2]. The first-order valence-electron chi connectivity index (χ1n) is 1.00. The molecule has 0 aromatic heterocycles. The van der Waals surface area contributed by atoms with Crippen LogP contribution in [-0.4, -0.2) is 70.6 Å². The second-order valence-corrected chi connectivity index (χ2v) is 2.42. The predicted octanol–water partition coefficient (Wildman–Crippen LogP) is -1.95. The molecule has 0 bridgehead atoms. The summed E-state index contributed by atoms with van der Waals surface area (Å²) in [6.45, 7) is 0. The Kier molecular flexibility index (Phi) is 16.2. The smallest absolute Gasteiger partial charge is 0.316 e. The second kappa shape index (κ2) is 7.67. The van der Waals surface area contributed by atoms with Gasteiger partial charge in [-0.3, -0.25) is 4.31 Å². The Morgan fingerprint density at radius 2 is 1.62 bits per heavy atom. The van der Waals surface area contributed by atoms with Crippen molar-refractivity contribution in [2.45, 2.75) is 0 Å². The van der Waals surface area contributed by atoms with Crippen molar-refractivity contribution in [1.29, 1.82) is 0 Å². The number of phosphoric acid groups is 1. The van der Waals surface area contributed by atoms with Crippen LogP contribution in [0.5, 0.6) is 0 Å². The Labute approximate surface area is 95.4 Å². The van der Waals surface area contributed by atoms with Crippen molar-refractivity contribution in [3.05, 3.63) is 0 Å². The van der Waals surface area contributed by atoms with Crippen molar-refractivity contribution in [2.24, 2.45) is 0 Å². The Morgan fingerprint density at radius 3 is 1.62 bits per heavy atom. The fourth-order valence-corrected chi connectivity index (χ4v) is 0. The van der Waals surface area contributed by atoms with E-state index < -0.39 is 7.82 Å². The van der Waals surface area contributed by atoms with Crippen LogP contribution in [0.4, 0.5) is 0 Å². The predicted molar refractivity (Wildman–Crippen MR) is 39.9 cm³/mol. The molecular formula is H8CaMgO4P2. The van der Waals surface area contributed by atoms with E-state index in [2.05, 4.69) is 4.31 Å². The first kappa shape index (κ1) is 16.9. The summed E-state index contributed by atoms with van der Waals surface area (Å²) < 4.78 is 13.0. The van der Waals surface area contributed by atoms with Gasteiger partial charge in [-0.25, -0.2) is 4.57 Å². The minimum Gasteiger partial charge on any atom is 0.316 e. The maximum Gasteiger partial charge on any atom is 0.316 e. The first-order chi connectivity index (χ1) is 2.56. The molecule has 8 heavy (non-hydrogen) atoms. The molecule has 1 unspecified atom stereocenters. The Bertz CT molecular complexity index is 78.1. The van der Waals surface area contributed by atoms with E-state index in [1.807, 2.05) is 0 Å². The average Bonchev–Trinajstić information content (AvgIpc) is 1.35. The molecule has 0 aromatic carbocycles. The fourth-order valence-electron chi connectivity index (χ4n) is 0. The molecule has 0 aliphatic carbocycles. The molecule has 0 rings (SSSR count). The Hall–Kier alpha value is 2.57. The molecule has 0 radical (unpaired) electrons. The Balaban J connectivity index is -0.000000125. The first-order valence-corrected chi connectivity index (χ1v) is 3.00. The van der Waals surface area contributed by atoms with Crippen LogP contribution in [0.1, 0.15) is 0 Å². The fraction of sp³-hybridized carbons (Fsp3) is 0. The summed E-state index contributed by atoms with van der Waals surface area (Å²) in [6, 6.07) is 0. The molecule has 0 heterocycles. The van der Waals surface area contributed by atoms with Crippen molar-refractivity contribution in [2.75, 3.05) is 0 Å². The maximum absolute atomic E-state index is 9.45. The molecule has 0 amide bonds. The molecule has 0 saturated carbocycles. The molecule has 0 spiro atoms. The maximum atomic E-state index is 9.45. The van der Waals surface area contributed by atoms with Gasteiger partial charge in [0.2, 0.25) is 0 Å². The quantitative estimate of drug-likeness (QED) is 0.380. The zero-order valence-electron chi connectivity index (χ0n) is 2.74. The van der Waals surface area contributed by atoms with Gasteiger partial charge in [-0.1, -0.05) is 0 Å². The monoisotopic (exact) mass is 198 g/mol. The van der Waals surface area contributed by atoms with Gasteiger partial charge in [0.25, 0.3) is 0 Å². The molecule has 8 heteroatoms. The summed E-state index contributed by atoms with van der Waals surface area (Å²) in [7, 11) is -2.72. The minimum absolute atomic E-state index is 0. The summed E-state index contributed by atoms with van der Waals surface area (Å²) in [5.74, 6) is 0. The van der Waals surface area contributed by atoms with E-state index in [4.69, 9.17) is 9.79 Å². The van der Waals surface area contributed by atoms with E-state index in [9.17, 15) is 4.57 Å². The van der Waals surface area contributed by atoms with Crippen molar-refractivity contribution in [3.63, 3.8) is 0 Å². The van der Waals surface area contributed by atoms with E-state index >= 15 is 0 Å². The third kappa shape index (κ3) is 15.8. The molecule has 0 aliphatic heterocycles. The molecule has 2 N–H and O–H groups in total. The number of hydrogen-bond acceptors (Lipinski definition) is 2. The summed E-state index contributed by atoms with van der Waals surface area (Å²) >= 11 is 0. The van der Waals surface area contributed by atoms with Gasteiger partial charge < -0.3 is 9.79 Å². The third-order valence-electron chi connectivity index (χ3n) is 0.137. The van der Waals surface area contributed by atoms with Gasteiger partial charge in [0.05, 0.1) is 0 Å². The van der Waals surface area contributed by atoms with Gasteiger partial charge in [-0.05, 0) is 0 Å². The molecule has 4 nitrogen and oxygen atoms in total. The van der Waals surface area contributed by atoms with Crippen LogP contribution in [0.15, 0.2) is 0 Å². The zero-order chi connectivity index (χ0) is 5.21. The van der Waals surface area contributed by atoms with Crippen LogP contribution in [0.2, 0.25) is 0 Å². The van der Waals surface area contributed by atoms with E-state index in [1.54, 1.807) is 0 Å². The molecule has 0 aliphatic rings. The van der Waals surface area contributed by atoms with Crippen LogP contribution in [0.3, 0.4) is 0 Å². The summed E-state index contributed by atoms with van der Waals surface area (Å²) in [4.78, 5) is 15.4. The molecule has 0 saturated heterocycles. The molecule has 1 atom stereocenters. The zero-order valence-corrected chi connectivity index (χ0v) is 4.78. The Morgan fingerprint density at radius 1 is 1.50 bits per heavy atom. The van der Waals surface area contributed by atoms with Crippen molar-refractivity contribution < 1.29 is 18.7 Å². The van der Waals surface area contributed by atoms with Crippen molar-refractivity contribution in [1.82, 2.24) is 0 Å². The van der Waals surface area contributed by atoms with E-state index in [0.29, 0.717) is 0 Å². The van der Waals surface area contributed by atoms with Crippen molar-refractivity contribution in [3.8, 4) is 0 Å². The van der Waals surface area contributed by atoms with Crippen LogP contribution in [-0.2, 0) is 8.88 Å². The topological polar surface area (TPSA) is 66.8 Å². The number of hydrogen-bond donors (Lipinski definition) is 2. The van der Waals surface area contributed by atoms with Gasteiger partial charge in [-0.2, -0.15) is 0 Å². The summed E-state index contributed by atoms with van der Waals surface area (Å²) in [6.07, 6.45) is 0. The largest absolute Gasteiger partial charge is 0.316 e. The summed E-state index contributed by atoms with van der Waals surface area (Å²) in [5, 5.41) is 0. The molecular weight excluding hydrogens is 190 g/mol. The van der Waals surface area contributed by atoms with Crippen LogP contribution in [0, 0.1) is 0 Å². The third-order valence-corrected chi connectivity index (χ3v) is 1.24. The summed E-state index contributed by atoms with van der Waals surface area (Å²) in [5.41, 5.74) is 0. The van der Waals surface area contributed by atoms with Crippen LogP contribution >= 0.6 is 17.3 Å². The minimum atomic E-state index is -4.18. The molecule has 0 fully saturated rings. The molecule has 46 valence electrons. The molecule has 0 aromatic rings. The van der Waals surface area contributed by atoms with E-state index in [0.717, 1.165) is 0 Å². The van der Waals surface area contributed by atoms with Gasteiger partial charge in [0.1, 0.15) is 0 Å². The second-order valence-electron chi connectivity index (χ2n) is 0.596. The van der Waals surface area contributed by atoms with Crippen LogP contribution in [0.25, 0.3) is 0 Å².